The molecule has 0 fully saturated rings. The minimum atomic E-state index is 0.157. The van der Waals surface area contributed by atoms with E-state index in [9.17, 15) is 0 Å². The molecule has 0 amide bonds. The van der Waals surface area contributed by atoms with Gasteiger partial charge in [0.05, 0.1) is 12.7 Å². The zero-order valence-corrected chi connectivity index (χ0v) is 7.84. The number of rotatable bonds is 3. The third kappa shape index (κ3) is 3.34. The van der Waals surface area contributed by atoms with Crippen LogP contribution in [0, 0.1) is 0 Å². The van der Waals surface area contributed by atoms with Gasteiger partial charge >= 0.3 is 0 Å². The van der Waals surface area contributed by atoms with Gasteiger partial charge in [-0.3, -0.25) is 0 Å². The van der Waals surface area contributed by atoms with Gasteiger partial charge in [-0.25, -0.2) is 0 Å². The molecule has 70 valence electrons. The molecule has 0 saturated carbocycles. The summed E-state index contributed by atoms with van der Waals surface area (Å²) < 4.78 is 5.47. The van der Waals surface area contributed by atoms with Crippen LogP contribution in [0.2, 0.25) is 0 Å². The number of nitrogens with one attached hydrogen (secondary N) is 1. The highest BCUT2D eigenvalue weighted by molar-refractivity contribution is 5.12. The molecule has 3 N–H and O–H groups in total. The lowest BCUT2D eigenvalue weighted by atomic mass is 10.1. The number of hydrogen-bond donors (Lipinski definition) is 2. The molecule has 0 aliphatic carbocycles. The van der Waals surface area contributed by atoms with Crippen LogP contribution in [0.1, 0.15) is 13.8 Å². The summed E-state index contributed by atoms with van der Waals surface area (Å²) in [4.78, 5) is 0. The maximum atomic E-state index is 5.74. The minimum Gasteiger partial charge on any atom is -0.374 e. The molecule has 0 aromatic carbocycles. The Hall–Kier alpha value is -0.380. The van der Waals surface area contributed by atoms with E-state index in [-0.39, 0.29) is 6.04 Å². The molecule has 1 aliphatic rings. The Morgan fingerprint density at radius 3 is 3.08 bits per heavy atom. The second-order valence-electron chi connectivity index (χ2n) is 3.48. The van der Waals surface area contributed by atoms with Crippen molar-refractivity contribution in [3.8, 4) is 0 Å². The van der Waals surface area contributed by atoms with Crippen LogP contribution >= 0.6 is 0 Å². The first-order chi connectivity index (χ1) is 5.68. The van der Waals surface area contributed by atoms with Crippen LogP contribution in [-0.4, -0.2) is 31.8 Å². The van der Waals surface area contributed by atoms with E-state index < -0.39 is 0 Å². The molecule has 0 aromatic heterocycles. The Labute approximate surface area is 74.0 Å². The molecule has 1 heterocycles. The van der Waals surface area contributed by atoms with Gasteiger partial charge in [0.25, 0.3) is 0 Å². The van der Waals surface area contributed by atoms with E-state index in [1.54, 1.807) is 0 Å². The summed E-state index contributed by atoms with van der Waals surface area (Å²) in [7, 11) is 0. The highest BCUT2D eigenvalue weighted by Gasteiger charge is 2.08. The van der Waals surface area contributed by atoms with Crippen LogP contribution in [-0.2, 0) is 4.74 Å². The molecule has 0 saturated heterocycles. The smallest absolute Gasteiger partial charge is 0.0693 e. The lowest BCUT2D eigenvalue weighted by molar-refractivity contribution is 0.0955. The van der Waals surface area contributed by atoms with E-state index >= 15 is 0 Å². The molecule has 0 bridgehead atoms. The van der Waals surface area contributed by atoms with Crippen LogP contribution in [0.5, 0.6) is 0 Å². The molecule has 12 heavy (non-hydrogen) atoms. The van der Waals surface area contributed by atoms with Gasteiger partial charge < -0.3 is 15.8 Å². The summed E-state index contributed by atoms with van der Waals surface area (Å²) in [6.45, 7) is 6.58. The molecular formula is C9H18N2O. The second kappa shape index (κ2) is 4.60. The highest BCUT2D eigenvalue weighted by atomic mass is 16.5. The second-order valence-corrected chi connectivity index (χ2v) is 3.48. The van der Waals surface area contributed by atoms with E-state index in [0.29, 0.717) is 12.7 Å². The summed E-state index contributed by atoms with van der Waals surface area (Å²) in [6, 6.07) is 0.157. The monoisotopic (exact) mass is 170 g/mol. The van der Waals surface area contributed by atoms with E-state index in [1.165, 1.54) is 5.57 Å². The van der Waals surface area contributed by atoms with Crippen LogP contribution in [0.25, 0.3) is 0 Å². The lowest BCUT2D eigenvalue weighted by Gasteiger charge is -2.19. The summed E-state index contributed by atoms with van der Waals surface area (Å²) in [5.41, 5.74) is 7.00. The van der Waals surface area contributed by atoms with Gasteiger partial charge in [0.1, 0.15) is 0 Å². The Morgan fingerprint density at radius 1 is 1.75 bits per heavy atom. The van der Waals surface area contributed by atoms with Gasteiger partial charge in [-0.1, -0.05) is 6.08 Å². The molecule has 1 aliphatic heterocycles. The van der Waals surface area contributed by atoms with Crippen molar-refractivity contribution in [2.45, 2.75) is 26.0 Å². The fourth-order valence-electron chi connectivity index (χ4n) is 1.19. The Kier molecular flexibility index (Phi) is 3.72. The summed E-state index contributed by atoms with van der Waals surface area (Å²) in [6.07, 6.45) is 2.39. The molecule has 1 atom stereocenters. The molecule has 0 aromatic rings. The third-order valence-electron chi connectivity index (χ3n) is 1.78. The van der Waals surface area contributed by atoms with Gasteiger partial charge in [0.15, 0.2) is 0 Å². The summed E-state index contributed by atoms with van der Waals surface area (Å²) >= 11 is 0. The van der Waals surface area contributed by atoms with Gasteiger partial charge in [0.2, 0.25) is 0 Å². The van der Waals surface area contributed by atoms with Gasteiger partial charge in [-0.2, -0.15) is 0 Å². The zero-order chi connectivity index (χ0) is 8.97. The predicted octanol–water partition coefficient (Wildman–Crippen LogP) is 0.268. The maximum absolute atomic E-state index is 5.74. The van der Waals surface area contributed by atoms with Crippen molar-refractivity contribution in [1.29, 1.82) is 0 Å². The van der Waals surface area contributed by atoms with Crippen molar-refractivity contribution in [3.63, 3.8) is 0 Å². The van der Waals surface area contributed by atoms with Crippen LogP contribution in [0.15, 0.2) is 11.6 Å². The predicted molar refractivity (Wildman–Crippen MR) is 50.0 cm³/mol. The molecule has 3 nitrogen and oxygen atoms in total. The number of ether oxygens (including phenoxy) is 1. The topological polar surface area (TPSA) is 47.3 Å². The average molecular weight is 170 g/mol. The Morgan fingerprint density at radius 2 is 2.50 bits per heavy atom. The van der Waals surface area contributed by atoms with E-state index in [0.717, 1.165) is 13.1 Å². The Balaban J connectivity index is 2.30. The van der Waals surface area contributed by atoms with Gasteiger partial charge in [0, 0.05) is 19.1 Å². The van der Waals surface area contributed by atoms with Crippen LogP contribution in [0.3, 0.4) is 0 Å². The molecular weight excluding hydrogens is 152 g/mol. The van der Waals surface area contributed by atoms with Crippen molar-refractivity contribution in [2.24, 2.45) is 5.73 Å². The molecule has 1 unspecified atom stereocenters. The molecule has 1 rings (SSSR count). The first-order valence-corrected chi connectivity index (χ1v) is 4.46. The third-order valence-corrected chi connectivity index (χ3v) is 1.78. The lowest BCUT2D eigenvalue weighted by Crippen LogP contribution is -2.38. The van der Waals surface area contributed by atoms with Crippen LogP contribution < -0.4 is 11.1 Å². The standard InChI is InChI=1S/C9H18N2O/c1-7(2)12-6-8-3-9(10)5-11-4-8/h3,7,9,11H,4-6,10H2,1-2H3. The summed E-state index contributed by atoms with van der Waals surface area (Å²) in [5, 5.41) is 3.24. The van der Waals surface area contributed by atoms with E-state index in [1.807, 2.05) is 13.8 Å². The average Bonchev–Trinajstić information content (AvgIpc) is 2.01. The SMILES string of the molecule is CC(C)OCC1=CC(N)CNC1. The van der Waals surface area contributed by atoms with Crippen molar-refractivity contribution in [1.82, 2.24) is 5.32 Å². The quantitative estimate of drug-likeness (QED) is 0.598. The van der Waals surface area contributed by atoms with Crippen molar-refractivity contribution < 1.29 is 4.74 Å². The maximum Gasteiger partial charge on any atom is 0.0693 e. The normalized spacial score (nSPS) is 24.3. The van der Waals surface area contributed by atoms with Crippen molar-refractivity contribution in [3.05, 3.63) is 11.6 Å². The fraction of sp³-hybridized carbons (Fsp3) is 0.778. The Bertz CT molecular complexity index is 166. The highest BCUT2D eigenvalue weighted by Crippen LogP contribution is 2.02. The first-order valence-electron chi connectivity index (χ1n) is 4.46. The fourth-order valence-corrected chi connectivity index (χ4v) is 1.19. The first kappa shape index (κ1) is 9.71. The molecule has 0 spiro atoms. The van der Waals surface area contributed by atoms with E-state index in [2.05, 4.69) is 11.4 Å². The molecule has 3 heteroatoms. The van der Waals surface area contributed by atoms with Crippen molar-refractivity contribution in [2.75, 3.05) is 19.7 Å². The van der Waals surface area contributed by atoms with Crippen LogP contribution in [0.4, 0.5) is 0 Å². The van der Waals surface area contributed by atoms with Crippen molar-refractivity contribution >= 4 is 0 Å². The van der Waals surface area contributed by atoms with E-state index in [4.69, 9.17) is 10.5 Å². The number of nitrogens with two attached hydrogens (primary N) is 1. The number of hydrogen-bond acceptors (Lipinski definition) is 3. The van der Waals surface area contributed by atoms with Gasteiger partial charge in [-0.05, 0) is 19.4 Å². The zero-order valence-electron chi connectivity index (χ0n) is 7.84. The summed E-state index contributed by atoms with van der Waals surface area (Å²) in [5.74, 6) is 0. The minimum absolute atomic E-state index is 0.157. The molecule has 0 radical (unpaired) electrons. The van der Waals surface area contributed by atoms with Gasteiger partial charge in [-0.15, -0.1) is 0 Å². The largest absolute Gasteiger partial charge is 0.374 e.